The number of carboxylic acid groups (broad SMARTS) is 2. The number of rotatable bonds is 2. The van der Waals surface area contributed by atoms with Crippen LogP contribution in [0, 0.1) is 0 Å². The summed E-state index contributed by atoms with van der Waals surface area (Å²) >= 11 is 0. The molecule has 0 aromatic rings. The van der Waals surface area contributed by atoms with E-state index in [1.165, 1.54) is 0 Å². The Labute approximate surface area is 128 Å². The number of hydrogen-bond acceptors (Lipinski definition) is 5. The highest BCUT2D eigenvalue weighted by Gasteiger charge is 2.57. The molecule has 0 atom stereocenters. The summed E-state index contributed by atoms with van der Waals surface area (Å²) in [6.45, 7) is 3.22. The highest BCUT2D eigenvalue weighted by molar-refractivity contribution is 5.78. The molecular formula is C12H23ClN2O6. The zero-order valence-corrected chi connectivity index (χ0v) is 12.9. The molecule has 8 nitrogen and oxygen atoms in total. The van der Waals surface area contributed by atoms with Crippen molar-refractivity contribution in [2.75, 3.05) is 0 Å². The minimum atomic E-state index is -1.17. The van der Waals surface area contributed by atoms with Gasteiger partial charge in [-0.1, -0.05) is 0 Å². The second-order valence-corrected chi connectivity index (χ2v) is 6.85. The van der Waals surface area contributed by atoms with E-state index in [1.54, 1.807) is 13.8 Å². The van der Waals surface area contributed by atoms with E-state index in [9.17, 15) is 19.8 Å². The quantitative estimate of drug-likeness (QED) is 0.337. The Balaban J connectivity index is 0.000000364. The Hall–Kier alpha value is -0.930. The van der Waals surface area contributed by atoms with Crippen LogP contribution in [0.15, 0.2) is 0 Å². The number of carbonyl (C=O) groups excluding carboxylic acids is 1. The molecule has 0 radical (unpaired) electrons. The molecule has 2 rings (SSSR count). The predicted molar refractivity (Wildman–Crippen MR) is 63.6 cm³/mol. The average Bonchev–Trinajstić information content (AvgIpc) is 2.11. The molecule has 0 heterocycles. The van der Waals surface area contributed by atoms with Gasteiger partial charge in [0.25, 0.3) is 0 Å². The van der Waals surface area contributed by atoms with Gasteiger partial charge in [-0.05, 0) is 13.8 Å². The van der Waals surface area contributed by atoms with Gasteiger partial charge in [0, 0.05) is 25.7 Å². The molecule has 21 heavy (non-hydrogen) atoms. The largest absolute Gasteiger partial charge is 1.00 e. The van der Waals surface area contributed by atoms with E-state index in [-0.39, 0.29) is 38.1 Å². The third kappa shape index (κ3) is 4.52. The van der Waals surface area contributed by atoms with Crippen LogP contribution in [0.2, 0.25) is 0 Å². The van der Waals surface area contributed by atoms with Crippen LogP contribution < -0.4 is 29.0 Å². The molecule has 0 saturated heterocycles. The van der Waals surface area contributed by atoms with Crippen molar-refractivity contribution < 1.29 is 53.9 Å². The summed E-state index contributed by atoms with van der Waals surface area (Å²) < 4.78 is 0. The molecule has 2 saturated carbocycles. The molecular weight excluding hydrogens is 304 g/mol. The number of aliphatic hydroxyl groups is 2. The summed E-state index contributed by atoms with van der Waals surface area (Å²) in [5.41, 5.74) is 3.34. The molecule has 0 aromatic heterocycles. The van der Waals surface area contributed by atoms with Gasteiger partial charge < -0.3 is 49.1 Å². The maximum atomic E-state index is 10.4. The van der Waals surface area contributed by atoms with E-state index in [4.69, 9.17) is 10.2 Å². The summed E-state index contributed by atoms with van der Waals surface area (Å²) in [7, 11) is 0. The lowest BCUT2D eigenvalue weighted by molar-refractivity contribution is -0.520. The van der Waals surface area contributed by atoms with Crippen molar-refractivity contribution in [3.8, 4) is 0 Å². The van der Waals surface area contributed by atoms with Gasteiger partial charge in [-0.15, -0.1) is 0 Å². The van der Waals surface area contributed by atoms with Crippen LogP contribution in [0.5, 0.6) is 0 Å². The normalized spacial score (nSPS) is 44.1. The maximum Gasteiger partial charge on any atom is 0.365 e. The Morgan fingerprint density at radius 3 is 1.33 bits per heavy atom. The minimum Gasteiger partial charge on any atom is -1.00 e. The maximum absolute atomic E-state index is 10.4. The molecule has 9 N–H and O–H groups in total. The first-order valence-corrected chi connectivity index (χ1v) is 6.32. The SMILES string of the molecule is CC1(O)CC([NH3+])(C(=O)O)C1.CC1(O)CC([NH3+])(C(=O)[O-])C1.[Cl-]. The minimum absolute atomic E-state index is 0. The molecule has 0 unspecified atom stereocenters. The Kier molecular flexibility index (Phi) is 5.44. The van der Waals surface area contributed by atoms with Gasteiger partial charge in [-0.25, -0.2) is 4.79 Å². The molecule has 124 valence electrons. The fourth-order valence-corrected chi connectivity index (χ4v) is 3.11. The molecule has 0 aliphatic heterocycles. The van der Waals surface area contributed by atoms with Gasteiger partial charge in [-0.2, -0.15) is 0 Å². The molecule has 0 amide bonds. The van der Waals surface area contributed by atoms with Crippen LogP contribution in [-0.4, -0.2) is 49.5 Å². The smallest absolute Gasteiger partial charge is 0.365 e. The van der Waals surface area contributed by atoms with Crippen molar-refractivity contribution >= 4 is 11.9 Å². The van der Waals surface area contributed by atoms with E-state index in [1.807, 2.05) is 0 Å². The number of carbonyl (C=O) groups is 2. The van der Waals surface area contributed by atoms with Gasteiger partial charge in [-0.3, -0.25) is 0 Å². The number of aliphatic carboxylic acids is 2. The van der Waals surface area contributed by atoms with Crippen LogP contribution in [0.25, 0.3) is 0 Å². The molecule has 2 aliphatic rings. The first kappa shape index (κ1) is 20.1. The monoisotopic (exact) mass is 326 g/mol. The van der Waals surface area contributed by atoms with E-state index in [2.05, 4.69) is 11.5 Å². The van der Waals surface area contributed by atoms with Crippen molar-refractivity contribution in [1.29, 1.82) is 0 Å². The highest BCUT2D eigenvalue weighted by Crippen LogP contribution is 2.38. The van der Waals surface area contributed by atoms with Crippen LogP contribution >= 0.6 is 0 Å². The third-order valence-corrected chi connectivity index (χ3v) is 3.76. The average molecular weight is 327 g/mol. The van der Waals surface area contributed by atoms with Crippen molar-refractivity contribution in [2.45, 2.75) is 61.8 Å². The fourth-order valence-electron chi connectivity index (χ4n) is 3.11. The fraction of sp³-hybridized carbons (Fsp3) is 0.833. The van der Waals surface area contributed by atoms with Gasteiger partial charge in [0.05, 0.1) is 11.2 Å². The van der Waals surface area contributed by atoms with Crippen molar-refractivity contribution in [3.05, 3.63) is 0 Å². The van der Waals surface area contributed by atoms with Crippen LogP contribution in [0.1, 0.15) is 39.5 Å². The number of halogens is 1. The zero-order chi connectivity index (χ0) is 16.0. The summed E-state index contributed by atoms with van der Waals surface area (Å²) in [5.74, 6) is -2.09. The first-order valence-electron chi connectivity index (χ1n) is 6.32. The lowest BCUT2D eigenvalue weighted by Gasteiger charge is -2.46. The van der Waals surface area contributed by atoms with Gasteiger partial charge in [0.1, 0.15) is 11.5 Å². The Morgan fingerprint density at radius 2 is 1.24 bits per heavy atom. The second kappa shape index (κ2) is 5.69. The zero-order valence-electron chi connectivity index (χ0n) is 12.2. The van der Waals surface area contributed by atoms with Gasteiger partial charge >= 0.3 is 5.97 Å². The number of hydrogen-bond donors (Lipinski definition) is 5. The van der Waals surface area contributed by atoms with Gasteiger partial charge in [0.2, 0.25) is 0 Å². The molecule has 0 bridgehead atoms. The first-order chi connectivity index (χ1) is 8.72. The summed E-state index contributed by atoms with van der Waals surface area (Å²) in [4.78, 5) is 20.7. The summed E-state index contributed by atoms with van der Waals surface area (Å²) in [5, 5.41) is 37.2. The molecule has 0 aromatic carbocycles. The summed E-state index contributed by atoms with van der Waals surface area (Å²) in [6, 6.07) is 0. The van der Waals surface area contributed by atoms with Crippen molar-refractivity contribution in [1.82, 2.24) is 0 Å². The lowest BCUT2D eigenvalue weighted by Crippen LogP contribution is -3.00. The third-order valence-electron chi connectivity index (χ3n) is 3.76. The van der Waals surface area contributed by atoms with E-state index < -0.39 is 34.2 Å². The van der Waals surface area contributed by atoms with Crippen molar-refractivity contribution in [3.63, 3.8) is 0 Å². The highest BCUT2D eigenvalue weighted by atomic mass is 35.5. The van der Waals surface area contributed by atoms with Crippen LogP contribution in [0.4, 0.5) is 0 Å². The topological polar surface area (TPSA) is 173 Å². The van der Waals surface area contributed by atoms with Gasteiger partial charge in [0.15, 0.2) is 5.54 Å². The molecule has 2 aliphatic carbocycles. The summed E-state index contributed by atoms with van der Waals surface area (Å²) in [6.07, 6.45) is 0.912. The molecule has 9 heteroatoms. The number of carboxylic acids is 2. The van der Waals surface area contributed by atoms with Crippen LogP contribution in [-0.2, 0) is 9.59 Å². The Morgan fingerprint density at radius 1 is 0.952 bits per heavy atom. The second-order valence-electron chi connectivity index (χ2n) is 6.85. The Bertz CT molecular complexity index is 381. The van der Waals surface area contributed by atoms with Crippen LogP contribution in [0.3, 0.4) is 0 Å². The number of quaternary nitrogens is 2. The van der Waals surface area contributed by atoms with Crippen molar-refractivity contribution in [2.24, 2.45) is 0 Å². The molecule has 2 fully saturated rings. The van der Waals surface area contributed by atoms with E-state index >= 15 is 0 Å². The van der Waals surface area contributed by atoms with E-state index in [0.29, 0.717) is 0 Å². The van der Waals surface area contributed by atoms with E-state index in [0.717, 1.165) is 0 Å². The predicted octanol–water partition coefficient (Wildman–Crippen LogP) is -7.14. The molecule has 0 spiro atoms. The lowest BCUT2D eigenvalue weighted by atomic mass is 9.66. The standard InChI is InChI=1S/2C6H11NO3.ClH/c2*1-5(10)2-6(7,3-5)4(8)9;/h2*10H,2-3,7H2,1H3,(H,8,9);1H.